The second-order valence-corrected chi connectivity index (χ2v) is 6.78. The van der Waals surface area contributed by atoms with Crippen molar-refractivity contribution in [2.24, 2.45) is 0 Å². The maximum absolute atomic E-state index is 6.20. The molecule has 5 heteroatoms. The molecular formula is C20H21ClN4. The quantitative estimate of drug-likeness (QED) is 0.669. The number of nitrogens with one attached hydrogen (secondary N) is 1. The molecule has 128 valence electrons. The molecule has 0 radical (unpaired) electrons. The van der Waals surface area contributed by atoms with Crippen LogP contribution in [0.15, 0.2) is 48.5 Å². The Morgan fingerprint density at radius 1 is 1.08 bits per heavy atom. The van der Waals surface area contributed by atoms with Gasteiger partial charge in [-0.25, -0.2) is 4.98 Å². The molecule has 1 fully saturated rings. The number of benzene rings is 2. The van der Waals surface area contributed by atoms with Crippen LogP contribution >= 0.6 is 11.6 Å². The van der Waals surface area contributed by atoms with Crippen molar-refractivity contribution in [3.63, 3.8) is 0 Å². The Hall–Kier alpha value is -2.46. The number of nitrogen functional groups attached to an aromatic ring is 1. The van der Waals surface area contributed by atoms with Crippen molar-refractivity contribution in [3.05, 3.63) is 59.2 Å². The fourth-order valence-corrected chi connectivity index (χ4v) is 3.60. The Bertz CT molecular complexity index is 903. The van der Waals surface area contributed by atoms with E-state index in [9.17, 15) is 0 Å². The molecule has 3 N–H and O–H groups in total. The molecule has 1 aromatic heterocycles. The van der Waals surface area contributed by atoms with E-state index in [1.54, 1.807) is 0 Å². The van der Waals surface area contributed by atoms with Gasteiger partial charge < -0.3 is 16.0 Å². The second-order valence-electron chi connectivity index (χ2n) is 6.43. The summed E-state index contributed by atoms with van der Waals surface area (Å²) in [6, 6.07) is 16.6. The summed E-state index contributed by atoms with van der Waals surface area (Å²) in [5, 5.41) is 4.79. The van der Waals surface area contributed by atoms with E-state index >= 15 is 0 Å². The van der Waals surface area contributed by atoms with Crippen LogP contribution in [-0.4, -0.2) is 18.1 Å². The third-order valence-corrected chi connectivity index (χ3v) is 5.02. The maximum atomic E-state index is 6.20. The highest BCUT2D eigenvalue weighted by Gasteiger charge is 2.13. The van der Waals surface area contributed by atoms with E-state index in [2.05, 4.69) is 39.5 Å². The minimum atomic E-state index is 0.340. The first kappa shape index (κ1) is 16.0. The summed E-state index contributed by atoms with van der Waals surface area (Å²) in [5.41, 5.74) is 10.9. The first-order valence-corrected chi connectivity index (χ1v) is 9.01. The van der Waals surface area contributed by atoms with E-state index in [0.717, 1.165) is 29.7 Å². The lowest BCUT2D eigenvalue weighted by molar-refractivity contribution is 0.949. The van der Waals surface area contributed by atoms with Gasteiger partial charge in [-0.2, -0.15) is 0 Å². The van der Waals surface area contributed by atoms with Gasteiger partial charge in [0.2, 0.25) is 0 Å². The van der Waals surface area contributed by atoms with Crippen molar-refractivity contribution in [2.75, 3.05) is 29.0 Å². The lowest BCUT2D eigenvalue weighted by atomic mass is 10.1. The summed E-state index contributed by atoms with van der Waals surface area (Å²) in [4.78, 5) is 6.79. The molecule has 1 aliphatic heterocycles. The minimum Gasteiger partial charge on any atom is -0.395 e. The summed E-state index contributed by atoms with van der Waals surface area (Å²) < 4.78 is 0. The number of fused-ring (bicyclic) bond motifs is 1. The van der Waals surface area contributed by atoms with Crippen molar-refractivity contribution in [1.82, 2.24) is 4.98 Å². The number of para-hydroxylation sites is 1. The molecule has 4 nitrogen and oxygen atoms in total. The highest BCUT2D eigenvalue weighted by atomic mass is 35.5. The number of hydrogen-bond acceptors (Lipinski definition) is 4. The van der Waals surface area contributed by atoms with Crippen molar-refractivity contribution in [3.8, 4) is 0 Å². The molecule has 0 aliphatic carbocycles. The van der Waals surface area contributed by atoms with Crippen LogP contribution in [0, 0.1) is 0 Å². The molecule has 3 aromatic rings. The average molecular weight is 353 g/mol. The molecule has 1 aliphatic rings. The molecule has 4 rings (SSSR count). The van der Waals surface area contributed by atoms with Gasteiger partial charge in [0.15, 0.2) is 5.15 Å². The second kappa shape index (κ2) is 6.81. The van der Waals surface area contributed by atoms with E-state index < -0.39 is 0 Å². The van der Waals surface area contributed by atoms with Crippen LogP contribution in [0.1, 0.15) is 18.4 Å². The third kappa shape index (κ3) is 3.22. The molecule has 0 bridgehead atoms. The minimum absolute atomic E-state index is 0.340. The summed E-state index contributed by atoms with van der Waals surface area (Å²) in [7, 11) is 0. The van der Waals surface area contributed by atoms with Crippen LogP contribution in [-0.2, 0) is 6.54 Å². The topological polar surface area (TPSA) is 54.2 Å². The van der Waals surface area contributed by atoms with Gasteiger partial charge in [0.25, 0.3) is 0 Å². The van der Waals surface area contributed by atoms with Gasteiger partial charge in [0.05, 0.1) is 16.9 Å². The normalized spacial score (nSPS) is 14.2. The zero-order valence-electron chi connectivity index (χ0n) is 14.0. The number of halogens is 1. The fraction of sp³-hybridized carbons (Fsp3) is 0.250. The number of anilines is 3. The van der Waals surface area contributed by atoms with Crippen molar-refractivity contribution >= 4 is 39.6 Å². The zero-order valence-corrected chi connectivity index (χ0v) is 14.8. The molecule has 0 spiro atoms. The highest BCUT2D eigenvalue weighted by Crippen LogP contribution is 2.33. The van der Waals surface area contributed by atoms with Gasteiger partial charge in [-0.15, -0.1) is 0 Å². The Morgan fingerprint density at radius 3 is 2.72 bits per heavy atom. The monoisotopic (exact) mass is 352 g/mol. The van der Waals surface area contributed by atoms with Gasteiger partial charge >= 0.3 is 0 Å². The van der Waals surface area contributed by atoms with Crippen LogP contribution < -0.4 is 16.0 Å². The van der Waals surface area contributed by atoms with E-state index in [0.29, 0.717) is 17.4 Å². The molecule has 0 amide bonds. The number of hydrogen-bond donors (Lipinski definition) is 2. The first-order valence-electron chi connectivity index (χ1n) is 8.64. The average Bonchev–Trinajstić information content (AvgIpc) is 3.17. The standard InChI is InChI=1S/C20H21ClN4/c21-20-18(22)19(16-8-1-2-9-17(16)24-20)23-13-14-6-5-7-15(12-14)25-10-3-4-11-25/h1-2,5-9,12H,3-4,10-11,13,22H2,(H,23,24). The molecule has 25 heavy (non-hydrogen) atoms. The summed E-state index contributed by atoms with van der Waals surface area (Å²) >= 11 is 6.20. The Kier molecular flexibility index (Phi) is 4.36. The zero-order chi connectivity index (χ0) is 17.2. The lowest BCUT2D eigenvalue weighted by Crippen LogP contribution is -2.17. The maximum Gasteiger partial charge on any atom is 0.154 e. The fourth-order valence-electron chi connectivity index (χ4n) is 3.42. The predicted octanol–water partition coefficient (Wildman–Crippen LogP) is 4.68. The van der Waals surface area contributed by atoms with E-state index in [4.69, 9.17) is 17.3 Å². The van der Waals surface area contributed by atoms with Crippen LogP contribution in [0.3, 0.4) is 0 Å². The third-order valence-electron chi connectivity index (χ3n) is 4.73. The summed E-state index contributed by atoms with van der Waals surface area (Å²) in [5.74, 6) is 0. The van der Waals surface area contributed by atoms with E-state index in [1.807, 2.05) is 24.3 Å². The van der Waals surface area contributed by atoms with E-state index in [-0.39, 0.29) is 0 Å². The van der Waals surface area contributed by atoms with Crippen molar-refractivity contribution in [1.29, 1.82) is 0 Å². The van der Waals surface area contributed by atoms with Gasteiger partial charge in [-0.3, -0.25) is 0 Å². The number of nitrogens with two attached hydrogens (primary N) is 1. The molecule has 1 saturated heterocycles. The molecule has 2 aromatic carbocycles. The molecule has 2 heterocycles. The van der Waals surface area contributed by atoms with Gasteiger partial charge in [-0.05, 0) is 36.6 Å². The summed E-state index contributed by atoms with van der Waals surface area (Å²) in [6.07, 6.45) is 2.56. The van der Waals surface area contributed by atoms with Crippen molar-refractivity contribution in [2.45, 2.75) is 19.4 Å². The first-order chi connectivity index (χ1) is 12.2. The van der Waals surface area contributed by atoms with Gasteiger partial charge in [-0.1, -0.05) is 41.9 Å². The van der Waals surface area contributed by atoms with Crippen LogP contribution in [0.25, 0.3) is 10.9 Å². The van der Waals surface area contributed by atoms with Gasteiger partial charge in [0, 0.05) is 30.7 Å². The Morgan fingerprint density at radius 2 is 1.88 bits per heavy atom. The summed E-state index contributed by atoms with van der Waals surface area (Å²) in [6.45, 7) is 2.99. The number of aromatic nitrogens is 1. The lowest BCUT2D eigenvalue weighted by Gasteiger charge is -2.19. The van der Waals surface area contributed by atoms with Crippen LogP contribution in [0.5, 0.6) is 0 Å². The largest absolute Gasteiger partial charge is 0.395 e. The van der Waals surface area contributed by atoms with Crippen LogP contribution in [0.2, 0.25) is 5.15 Å². The SMILES string of the molecule is Nc1c(Cl)nc2ccccc2c1NCc1cccc(N2CCCC2)c1. The molecular weight excluding hydrogens is 332 g/mol. The van der Waals surface area contributed by atoms with Crippen LogP contribution in [0.4, 0.5) is 17.1 Å². The van der Waals surface area contributed by atoms with Gasteiger partial charge in [0.1, 0.15) is 0 Å². The predicted molar refractivity (Wildman–Crippen MR) is 106 cm³/mol. The molecule has 0 atom stereocenters. The highest BCUT2D eigenvalue weighted by molar-refractivity contribution is 6.33. The number of rotatable bonds is 4. The number of nitrogens with zero attached hydrogens (tertiary/aromatic N) is 2. The Balaban J connectivity index is 1.60. The molecule has 0 unspecified atom stereocenters. The smallest absolute Gasteiger partial charge is 0.154 e. The van der Waals surface area contributed by atoms with E-state index in [1.165, 1.54) is 24.1 Å². The Labute approximate surface area is 152 Å². The van der Waals surface area contributed by atoms with Crippen molar-refractivity contribution < 1.29 is 0 Å². The number of pyridine rings is 1. The molecule has 0 saturated carbocycles.